The average Bonchev–Trinajstić information content (AvgIpc) is 2.77. The van der Waals surface area contributed by atoms with E-state index >= 15 is 0 Å². The first-order valence-electron chi connectivity index (χ1n) is 11.0. The molecule has 16 heteroatoms. The van der Waals surface area contributed by atoms with E-state index < -0.39 is 97.9 Å². The molecule has 0 aliphatic rings. The molecule has 11 N–H and O–H groups in total. The maximum atomic E-state index is 12.8. The van der Waals surface area contributed by atoms with E-state index in [9.17, 15) is 33.6 Å². The van der Waals surface area contributed by atoms with Crippen LogP contribution in [-0.4, -0.2) is 92.7 Å². The Morgan fingerprint density at radius 2 is 1.06 bits per heavy atom. The van der Waals surface area contributed by atoms with Crippen molar-refractivity contribution in [2.24, 2.45) is 11.5 Å². The van der Waals surface area contributed by atoms with Crippen LogP contribution in [0.1, 0.15) is 51.4 Å². The summed E-state index contributed by atoms with van der Waals surface area (Å²) >= 11 is 0. The van der Waals surface area contributed by atoms with E-state index in [0.29, 0.717) is 19.4 Å². The highest BCUT2D eigenvalue weighted by molar-refractivity contribution is 5.95. The number of unbranched alkanes of at least 4 members (excludes halogenated alkanes) is 1. The van der Waals surface area contributed by atoms with Crippen LogP contribution in [0.5, 0.6) is 0 Å². The van der Waals surface area contributed by atoms with Crippen LogP contribution < -0.4 is 27.4 Å². The highest BCUT2D eigenvalue weighted by Crippen LogP contribution is 2.06. The average molecular weight is 520 g/mol. The van der Waals surface area contributed by atoms with Gasteiger partial charge in [0.15, 0.2) is 0 Å². The van der Waals surface area contributed by atoms with E-state index in [-0.39, 0.29) is 6.42 Å². The Morgan fingerprint density at radius 1 is 0.611 bits per heavy atom. The normalized spacial score (nSPS) is 13.9. The van der Waals surface area contributed by atoms with E-state index in [1.54, 1.807) is 0 Å². The van der Waals surface area contributed by atoms with Crippen molar-refractivity contribution < 1.29 is 54.0 Å². The number of carbonyl (C=O) groups excluding carboxylic acids is 3. The number of nitrogens with one attached hydrogen (secondary N) is 3. The fraction of sp³-hybridized carbons (Fsp3) is 0.650. The smallest absolute Gasteiger partial charge is 0.326 e. The van der Waals surface area contributed by atoms with Crippen molar-refractivity contribution in [3.8, 4) is 0 Å². The van der Waals surface area contributed by atoms with E-state index in [4.69, 9.17) is 31.9 Å². The topological polar surface area (TPSA) is 289 Å². The number of nitrogens with two attached hydrogens (primary N) is 2. The van der Waals surface area contributed by atoms with Crippen LogP contribution in [0.2, 0.25) is 0 Å². The molecule has 0 aliphatic heterocycles. The first-order valence-corrected chi connectivity index (χ1v) is 11.0. The minimum Gasteiger partial charge on any atom is -0.481 e. The minimum absolute atomic E-state index is 0.236. The standard InChI is InChI=1S/C20H33N5O11/c21-8-2-1-3-10(22)17(32)23-11(4-6-14(26)27)18(33)24-12(5-7-15(28)29)19(34)25-13(20(35)36)9-16(30)31/h10-13H,1-9,21-22H2,(H,23,32)(H,24,33)(H,25,34)(H,26,27)(H,28,29)(H,30,31)(H,35,36). The van der Waals surface area contributed by atoms with Crippen molar-refractivity contribution >= 4 is 41.6 Å². The SMILES string of the molecule is NCCCCC(N)C(=O)NC(CCC(=O)O)C(=O)NC(CCC(=O)O)C(=O)NC(CC(=O)O)C(=O)O. The molecule has 0 spiro atoms. The molecule has 36 heavy (non-hydrogen) atoms. The Kier molecular flexibility index (Phi) is 15.0. The molecule has 3 amide bonds. The van der Waals surface area contributed by atoms with Crippen molar-refractivity contribution in [2.75, 3.05) is 6.54 Å². The summed E-state index contributed by atoms with van der Waals surface area (Å²) in [6.07, 6.45) is -1.71. The number of hydrogen-bond donors (Lipinski definition) is 9. The van der Waals surface area contributed by atoms with Gasteiger partial charge in [-0.25, -0.2) is 4.79 Å². The highest BCUT2D eigenvalue weighted by atomic mass is 16.4. The molecule has 0 radical (unpaired) electrons. The second-order valence-corrected chi connectivity index (χ2v) is 7.88. The zero-order chi connectivity index (χ0) is 27.8. The lowest BCUT2D eigenvalue weighted by Gasteiger charge is -2.24. The lowest BCUT2D eigenvalue weighted by molar-refractivity contribution is -0.147. The summed E-state index contributed by atoms with van der Waals surface area (Å²) in [5, 5.41) is 42.2. The van der Waals surface area contributed by atoms with Gasteiger partial charge in [0.25, 0.3) is 0 Å². The third-order valence-corrected chi connectivity index (χ3v) is 4.86. The van der Waals surface area contributed by atoms with E-state index in [0.717, 1.165) is 0 Å². The van der Waals surface area contributed by atoms with Crippen molar-refractivity contribution in [1.82, 2.24) is 16.0 Å². The van der Waals surface area contributed by atoms with Gasteiger partial charge in [-0.15, -0.1) is 0 Å². The predicted molar refractivity (Wildman–Crippen MR) is 120 cm³/mol. The van der Waals surface area contributed by atoms with Gasteiger partial charge in [0.1, 0.15) is 18.1 Å². The van der Waals surface area contributed by atoms with Gasteiger partial charge in [-0.2, -0.15) is 0 Å². The molecule has 16 nitrogen and oxygen atoms in total. The lowest BCUT2D eigenvalue weighted by atomic mass is 10.1. The molecule has 0 saturated heterocycles. The largest absolute Gasteiger partial charge is 0.481 e. The fourth-order valence-electron chi connectivity index (χ4n) is 2.91. The van der Waals surface area contributed by atoms with Crippen LogP contribution in [0.15, 0.2) is 0 Å². The zero-order valence-electron chi connectivity index (χ0n) is 19.5. The van der Waals surface area contributed by atoms with Crippen LogP contribution in [-0.2, 0) is 33.6 Å². The first-order chi connectivity index (χ1) is 16.8. The molecule has 0 aliphatic carbocycles. The molecule has 0 aromatic carbocycles. The number of carboxylic acids is 4. The van der Waals surface area contributed by atoms with E-state index in [1.165, 1.54) is 0 Å². The molecule has 0 rings (SSSR count). The van der Waals surface area contributed by atoms with Crippen molar-refractivity contribution in [2.45, 2.75) is 75.5 Å². The third-order valence-electron chi connectivity index (χ3n) is 4.86. The molecule has 204 valence electrons. The minimum atomic E-state index is -1.87. The molecule has 0 heterocycles. The first kappa shape index (κ1) is 32.2. The number of rotatable bonds is 19. The summed E-state index contributed by atoms with van der Waals surface area (Å²) in [4.78, 5) is 81.8. The zero-order valence-corrected chi connectivity index (χ0v) is 19.5. The van der Waals surface area contributed by atoms with Crippen molar-refractivity contribution in [3.63, 3.8) is 0 Å². The Labute approximate surface area is 205 Å². The monoisotopic (exact) mass is 519 g/mol. The molecule has 0 saturated carbocycles. The summed E-state index contributed by atoms with van der Waals surface area (Å²) in [7, 11) is 0. The van der Waals surface area contributed by atoms with Crippen LogP contribution in [0, 0.1) is 0 Å². The second-order valence-electron chi connectivity index (χ2n) is 7.88. The van der Waals surface area contributed by atoms with Crippen molar-refractivity contribution in [1.29, 1.82) is 0 Å². The summed E-state index contributed by atoms with van der Waals surface area (Å²) in [6, 6.07) is -6.00. The predicted octanol–water partition coefficient (Wildman–Crippen LogP) is -2.81. The van der Waals surface area contributed by atoms with E-state index in [1.807, 2.05) is 5.32 Å². The van der Waals surface area contributed by atoms with Gasteiger partial charge in [-0.3, -0.25) is 28.8 Å². The quantitative estimate of drug-likeness (QED) is 0.0779. The fourth-order valence-corrected chi connectivity index (χ4v) is 2.91. The van der Waals surface area contributed by atoms with Gasteiger partial charge in [-0.1, -0.05) is 6.42 Å². The molecular weight excluding hydrogens is 486 g/mol. The molecule has 4 unspecified atom stereocenters. The molecule has 4 atom stereocenters. The number of aliphatic carboxylic acids is 4. The van der Waals surface area contributed by atoms with Gasteiger partial charge in [0.05, 0.1) is 12.5 Å². The van der Waals surface area contributed by atoms with Gasteiger partial charge < -0.3 is 47.8 Å². The molecule has 0 aromatic rings. The second kappa shape index (κ2) is 16.8. The molecule has 0 fully saturated rings. The lowest BCUT2D eigenvalue weighted by Crippen LogP contribution is -2.57. The summed E-state index contributed by atoms with van der Waals surface area (Å²) in [5.41, 5.74) is 11.2. The number of carboxylic acid groups (broad SMARTS) is 4. The van der Waals surface area contributed by atoms with Crippen molar-refractivity contribution in [3.05, 3.63) is 0 Å². The van der Waals surface area contributed by atoms with Crippen LogP contribution in [0.25, 0.3) is 0 Å². The Hall–Kier alpha value is -3.79. The van der Waals surface area contributed by atoms with E-state index in [2.05, 4.69) is 10.6 Å². The molecular formula is C20H33N5O11. The van der Waals surface area contributed by atoms with Crippen LogP contribution in [0.3, 0.4) is 0 Å². The Bertz CT molecular complexity index is 820. The highest BCUT2D eigenvalue weighted by Gasteiger charge is 2.31. The maximum absolute atomic E-state index is 12.8. The number of amides is 3. The summed E-state index contributed by atoms with van der Waals surface area (Å²) in [5.74, 6) is -8.84. The maximum Gasteiger partial charge on any atom is 0.326 e. The summed E-state index contributed by atoms with van der Waals surface area (Å²) < 4.78 is 0. The summed E-state index contributed by atoms with van der Waals surface area (Å²) in [6.45, 7) is 0.382. The third kappa shape index (κ3) is 13.8. The Balaban J connectivity index is 5.59. The van der Waals surface area contributed by atoms with Gasteiger partial charge >= 0.3 is 23.9 Å². The number of hydrogen-bond acceptors (Lipinski definition) is 9. The molecule has 0 aromatic heterocycles. The van der Waals surface area contributed by atoms with Crippen LogP contribution in [0.4, 0.5) is 0 Å². The van der Waals surface area contributed by atoms with Gasteiger partial charge in [-0.05, 0) is 32.2 Å². The van der Waals surface area contributed by atoms with Crippen LogP contribution >= 0.6 is 0 Å². The Morgan fingerprint density at radius 3 is 1.44 bits per heavy atom. The molecule has 0 bridgehead atoms. The van der Waals surface area contributed by atoms with Gasteiger partial charge in [0.2, 0.25) is 17.7 Å². The van der Waals surface area contributed by atoms with Gasteiger partial charge in [0, 0.05) is 12.8 Å². The number of carbonyl (C=O) groups is 7.